The lowest BCUT2D eigenvalue weighted by Gasteiger charge is -2.24. The zero-order valence-corrected chi connectivity index (χ0v) is 16.5. The van der Waals surface area contributed by atoms with Crippen molar-refractivity contribution >= 4 is 33.7 Å². The second-order valence-electron chi connectivity index (χ2n) is 6.51. The lowest BCUT2D eigenvalue weighted by molar-refractivity contribution is -0.138. The molecular formula is C19H21BrN4O3. The van der Waals surface area contributed by atoms with Crippen LogP contribution in [0.3, 0.4) is 0 Å². The summed E-state index contributed by atoms with van der Waals surface area (Å²) >= 11 is 3.30. The first kappa shape index (κ1) is 19.2. The second kappa shape index (κ2) is 8.39. The SMILES string of the molecule is Cn1cc(Br)cc1C(=O)NNC(=O)C1CCCN1C(=O)Cc1ccccc1. The molecule has 2 aromatic rings. The third kappa shape index (κ3) is 4.57. The van der Waals surface area contributed by atoms with E-state index in [4.69, 9.17) is 0 Å². The molecule has 7 nitrogen and oxygen atoms in total. The van der Waals surface area contributed by atoms with Gasteiger partial charge in [0.25, 0.3) is 11.8 Å². The summed E-state index contributed by atoms with van der Waals surface area (Å²) in [6, 6.07) is 10.5. The lowest BCUT2D eigenvalue weighted by Crippen LogP contribution is -2.52. The van der Waals surface area contributed by atoms with Gasteiger partial charge in [0.1, 0.15) is 11.7 Å². The molecule has 1 atom stereocenters. The molecule has 0 spiro atoms. The zero-order chi connectivity index (χ0) is 19.4. The Bertz CT molecular complexity index is 850. The molecule has 1 aromatic heterocycles. The Morgan fingerprint density at radius 1 is 1.19 bits per heavy atom. The molecule has 0 bridgehead atoms. The van der Waals surface area contributed by atoms with Gasteiger partial charge in [-0.05, 0) is 40.4 Å². The van der Waals surface area contributed by atoms with E-state index in [-0.39, 0.29) is 18.2 Å². The van der Waals surface area contributed by atoms with Gasteiger partial charge < -0.3 is 9.47 Å². The van der Waals surface area contributed by atoms with Crippen LogP contribution in [0.2, 0.25) is 0 Å². The van der Waals surface area contributed by atoms with E-state index in [1.807, 2.05) is 30.3 Å². The number of hydrogen-bond donors (Lipinski definition) is 2. The summed E-state index contributed by atoms with van der Waals surface area (Å²) in [5.41, 5.74) is 6.19. The third-order valence-corrected chi connectivity index (χ3v) is 5.01. The minimum Gasteiger partial charge on any atom is -0.345 e. The van der Waals surface area contributed by atoms with Gasteiger partial charge in [0, 0.05) is 24.3 Å². The molecule has 27 heavy (non-hydrogen) atoms. The molecule has 1 aliphatic rings. The van der Waals surface area contributed by atoms with Gasteiger partial charge in [0.2, 0.25) is 5.91 Å². The number of nitrogens with zero attached hydrogens (tertiary/aromatic N) is 2. The Kier molecular flexibility index (Phi) is 5.95. The van der Waals surface area contributed by atoms with Crippen LogP contribution in [0.25, 0.3) is 0 Å². The van der Waals surface area contributed by atoms with E-state index >= 15 is 0 Å². The molecule has 3 amide bonds. The normalized spacial score (nSPS) is 16.2. The fraction of sp³-hybridized carbons (Fsp3) is 0.316. The van der Waals surface area contributed by atoms with Crippen LogP contribution in [-0.4, -0.2) is 39.8 Å². The van der Waals surface area contributed by atoms with Gasteiger partial charge in [-0.2, -0.15) is 0 Å². The maximum atomic E-state index is 12.6. The third-order valence-electron chi connectivity index (χ3n) is 4.58. The molecule has 0 aliphatic carbocycles. The van der Waals surface area contributed by atoms with Crippen molar-refractivity contribution in [2.24, 2.45) is 7.05 Å². The van der Waals surface area contributed by atoms with Crippen LogP contribution in [0.4, 0.5) is 0 Å². The van der Waals surface area contributed by atoms with E-state index in [2.05, 4.69) is 26.8 Å². The van der Waals surface area contributed by atoms with Crippen molar-refractivity contribution < 1.29 is 14.4 Å². The first-order valence-electron chi connectivity index (χ1n) is 8.71. The minimum absolute atomic E-state index is 0.0865. The topological polar surface area (TPSA) is 83.4 Å². The van der Waals surface area contributed by atoms with E-state index in [9.17, 15) is 14.4 Å². The maximum absolute atomic E-state index is 12.6. The highest BCUT2D eigenvalue weighted by Gasteiger charge is 2.34. The number of carbonyl (C=O) groups is 3. The quantitative estimate of drug-likeness (QED) is 0.722. The number of halogens is 1. The summed E-state index contributed by atoms with van der Waals surface area (Å²) in [7, 11) is 1.74. The van der Waals surface area contributed by atoms with E-state index in [0.29, 0.717) is 18.7 Å². The van der Waals surface area contributed by atoms with Gasteiger partial charge in [-0.25, -0.2) is 0 Å². The van der Waals surface area contributed by atoms with Crippen molar-refractivity contribution in [2.45, 2.75) is 25.3 Å². The summed E-state index contributed by atoms with van der Waals surface area (Å²) in [6.45, 7) is 0.544. The van der Waals surface area contributed by atoms with Gasteiger partial charge in [0.15, 0.2) is 0 Å². The number of carbonyl (C=O) groups excluding carboxylic acids is 3. The summed E-state index contributed by atoms with van der Waals surface area (Å²) in [5, 5.41) is 0. The minimum atomic E-state index is -0.568. The molecule has 1 aromatic carbocycles. The number of hydrogen-bond acceptors (Lipinski definition) is 3. The summed E-state index contributed by atoms with van der Waals surface area (Å²) < 4.78 is 2.42. The van der Waals surface area contributed by atoms with E-state index < -0.39 is 11.9 Å². The number of aromatic nitrogens is 1. The Morgan fingerprint density at radius 3 is 2.59 bits per heavy atom. The molecule has 1 unspecified atom stereocenters. The van der Waals surface area contributed by atoms with Crippen LogP contribution < -0.4 is 10.9 Å². The smallest absolute Gasteiger partial charge is 0.286 e. The van der Waals surface area contributed by atoms with Crippen LogP contribution in [-0.2, 0) is 23.1 Å². The van der Waals surface area contributed by atoms with Crippen molar-refractivity contribution in [3.63, 3.8) is 0 Å². The molecule has 0 saturated carbocycles. The van der Waals surface area contributed by atoms with Crippen molar-refractivity contribution in [1.82, 2.24) is 20.3 Å². The van der Waals surface area contributed by atoms with Crippen molar-refractivity contribution in [3.8, 4) is 0 Å². The van der Waals surface area contributed by atoms with Crippen molar-refractivity contribution in [1.29, 1.82) is 0 Å². The van der Waals surface area contributed by atoms with Crippen LogP contribution >= 0.6 is 15.9 Å². The van der Waals surface area contributed by atoms with Crippen molar-refractivity contribution in [3.05, 3.63) is 58.3 Å². The molecule has 1 aliphatic heterocycles. The average molecular weight is 433 g/mol. The number of nitrogens with one attached hydrogen (secondary N) is 2. The number of rotatable bonds is 4. The number of amides is 3. The molecular weight excluding hydrogens is 412 g/mol. The molecule has 2 N–H and O–H groups in total. The van der Waals surface area contributed by atoms with E-state index in [0.717, 1.165) is 16.5 Å². The largest absolute Gasteiger partial charge is 0.345 e. The van der Waals surface area contributed by atoms with Gasteiger partial charge in [0.05, 0.1) is 6.42 Å². The van der Waals surface area contributed by atoms with Gasteiger partial charge in [-0.15, -0.1) is 0 Å². The Morgan fingerprint density at radius 2 is 1.93 bits per heavy atom. The molecule has 1 saturated heterocycles. The van der Waals surface area contributed by atoms with Crippen LogP contribution in [0.5, 0.6) is 0 Å². The summed E-state index contributed by atoms with van der Waals surface area (Å²) in [6.07, 6.45) is 3.35. The van der Waals surface area contributed by atoms with Crippen LogP contribution in [0.1, 0.15) is 28.9 Å². The fourth-order valence-electron chi connectivity index (χ4n) is 3.23. The fourth-order valence-corrected chi connectivity index (χ4v) is 3.75. The van der Waals surface area contributed by atoms with Crippen LogP contribution in [0, 0.1) is 0 Å². The highest BCUT2D eigenvalue weighted by molar-refractivity contribution is 9.10. The first-order valence-corrected chi connectivity index (χ1v) is 9.50. The maximum Gasteiger partial charge on any atom is 0.286 e. The zero-order valence-electron chi connectivity index (χ0n) is 14.9. The number of benzene rings is 1. The number of hydrazine groups is 1. The number of aryl methyl sites for hydroxylation is 1. The Labute approximate surface area is 165 Å². The summed E-state index contributed by atoms with van der Waals surface area (Å²) in [5.74, 6) is -0.885. The summed E-state index contributed by atoms with van der Waals surface area (Å²) in [4.78, 5) is 38.9. The molecule has 0 radical (unpaired) electrons. The molecule has 8 heteroatoms. The highest BCUT2D eigenvalue weighted by Crippen LogP contribution is 2.19. The Balaban J connectivity index is 1.57. The number of likely N-dealkylation sites (tertiary alicyclic amines) is 1. The first-order chi connectivity index (χ1) is 13.0. The standard InChI is InChI=1S/C19H21BrN4O3/c1-23-12-14(20)11-16(23)19(27)22-21-18(26)15-8-5-9-24(15)17(25)10-13-6-3-2-4-7-13/h2-4,6-7,11-12,15H,5,8-10H2,1H3,(H,21,26)(H,22,27). The van der Waals surface area contributed by atoms with Crippen molar-refractivity contribution in [2.75, 3.05) is 6.54 Å². The van der Waals surface area contributed by atoms with Gasteiger partial charge >= 0.3 is 0 Å². The predicted molar refractivity (Wildman–Crippen MR) is 104 cm³/mol. The average Bonchev–Trinajstić information content (AvgIpc) is 3.26. The molecule has 3 rings (SSSR count). The van der Waals surface area contributed by atoms with Gasteiger partial charge in [-0.1, -0.05) is 30.3 Å². The second-order valence-corrected chi connectivity index (χ2v) is 7.42. The predicted octanol–water partition coefficient (Wildman–Crippen LogP) is 1.78. The highest BCUT2D eigenvalue weighted by atomic mass is 79.9. The monoisotopic (exact) mass is 432 g/mol. The molecule has 142 valence electrons. The molecule has 2 heterocycles. The molecule has 1 fully saturated rings. The van der Waals surface area contributed by atoms with E-state index in [1.165, 1.54) is 0 Å². The lowest BCUT2D eigenvalue weighted by atomic mass is 10.1. The van der Waals surface area contributed by atoms with Gasteiger partial charge in [-0.3, -0.25) is 25.2 Å². The van der Waals surface area contributed by atoms with Crippen LogP contribution in [0.15, 0.2) is 47.1 Å². The van der Waals surface area contributed by atoms with E-state index in [1.54, 1.807) is 28.8 Å². The Hall–Kier alpha value is -2.61.